The molecule has 1 amide bonds. The Kier molecular flexibility index (Phi) is 8.35. The van der Waals surface area contributed by atoms with Crippen LogP contribution < -0.4 is 5.73 Å². The maximum atomic E-state index is 13.2. The minimum atomic E-state index is -0.878. The first-order chi connectivity index (χ1) is 17.8. The van der Waals surface area contributed by atoms with Gasteiger partial charge in [0.15, 0.2) is 0 Å². The average molecular weight is 506 g/mol. The summed E-state index contributed by atoms with van der Waals surface area (Å²) in [5.41, 5.74) is 11.0. The number of amides is 1. The molecule has 1 unspecified atom stereocenters. The van der Waals surface area contributed by atoms with E-state index in [9.17, 15) is 20.0 Å². The van der Waals surface area contributed by atoms with Gasteiger partial charge in [0.25, 0.3) is 0 Å². The normalized spacial score (nSPS) is 18.4. The van der Waals surface area contributed by atoms with Crippen LogP contribution in [0.2, 0.25) is 0 Å². The maximum Gasteiger partial charge on any atom is 0.250 e. The summed E-state index contributed by atoms with van der Waals surface area (Å²) in [5.74, 6) is 0.413. The molecule has 2 atom stereocenters. The van der Waals surface area contributed by atoms with E-state index in [0.717, 1.165) is 29.5 Å². The molecule has 0 saturated carbocycles. The van der Waals surface area contributed by atoms with Gasteiger partial charge < -0.3 is 15.7 Å². The summed E-state index contributed by atoms with van der Waals surface area (Å²) in [6, 6.07) is 12.8. The van der Waals surface area contributed by atoms with Gasteiger partial charge in [-0.05, 0) is 41.7 Å². The van der Waals surface area contributed by atoms with Crippen molar-refractivity contribution in [1.82, 2.24) is 9.80 Å². The fourth-order valence-corrected chi connectivity index (χ4v) is 4.99. The van der Waals surface area contributed by atoms with Crippen LogP contribution in [0.25, 0.3) is 17.2 Å². The number of carbonyl (C=O) groups is 1. The highest BCUT2D eigenvalue weighted by Gasteiger charge is 2.34. The van der Waals surface area contributed by atoms with Crippen LogP contribution in [0.15, 0.2) is 53.0 Å². The number of nitrogens with two attached hydrogens (primary N) is 1. The fourth-order valence-electron chi connectivity index (χ4n) is 4.99. The van der Waals surface area contributed by atoms with Crippen molar-refractivity contribution in [3.63, 3.8) is 0 Å². The average Bonchev–Trinajstić information content (AvgIpc) is 3.32. The third kappa shape index (κ3) is 6.06. The van der Waals surface area contributed by atoms with E-state index < -0.39 is 12.3 Å². The molecule has 3 N–H and O–H groups in total. The molecule has 2 heterocycles. The third-order valence-corrected chi connectivity index (χ3v) is 6.93. The lowest BCUT2D eigenvalue weighted by molar-refractivity contribution is -0.518. The minimum Gasteiger partial charge on any atom is -0.387 e. The van der Waals surface area contributed by atoms with Gasteiger partial charge >= 0.3 is 0 Å². The molecule has 9 nitrogen and oxygen atoms in total. The number of aliphatic hydroxyl groups is 1. The molecule has 1 saturated heterocycles. The first kappa shape index (κ1) is 26.5. The van der Waals surface area contributed by atoms with Crippen molar-refractivity contribution in [3.8, 4) is 11.1 Å². The summed E-state index contributed by atoms with van der Waals surface area (Å²) in [6.07, 6.45) is 3.57. The van der Waals surface area contributed by atoms with Gasteiger partial charge in [0.05, 0.1) is 12.2 Å². The van der Waals surface area contributed by atoms with Crippen LogP contribution in [0.1, 0.15) is 56.9 Å². The molecule has 0 aliphatic carbocycles. The summed E-state index contributed by atoms with van der Waals surface area (Å²) in [7, 11) is 0. The number of likely N-dealkylation sites (tertiary alicyclic amines) is 1. The largest absolute Gasteiger partial charge is 0.387 e. The Bertz CT molecular complexity index is 1200. The van der Waals surface area contributed by atoms with Crippen LogP contribution in [0.5, 0.6) is 0 Å². The number of amidine groups is 1. The Labute approximate surface area is 217 Å². The molecular weight excluding hydrogens is 470 g/mol. The van der Waals surface area contributed by atoms with Crippen molar-refractivity contribution in [1.29, 1.82) is 0 Å². The molecule has 2 aromatic carbocycles. The van der Waals surface area contributed by atoms with Gasteiger partial charge in [-0.2, -0.15) is 0 Å². The molecule has 4 rings (SSSR count). The van der Waals surface area contributed by atoms with E-state index in [1.807, 2.05) is 53.4 Å². The van der Waals surface area contributed by atoms with Gasteiger partial charge in [-0.25, -0.2) is 4.99 Å². The van der Waals surface area contributed by atoms with Crippen molar-refractivity contribution in [3.05, 3.63) is 69.3 Å². The van der Waals surface area contributed by atoms with E-state index in [-0.39, 0.29) is 17.4 Å². The van der Waals surface area contributed by atoms with Crippen molar-refractivity contribution in [2.24, 2.45) is 10.7 Å². The Morgan fingerprint density at radius 2 is 1.86 bits per heavy atom. The first-order valence-electron chi connectivity index (χ1n) is 12.9. The predicted molar refractivity (Wildman–Crippen MR) is 145 cm³/mol. The number of rotatable bonds is 9. The molecule has 2 aliphatic heterocycles. The van der Waals surface area contributed by atoms with Gasteiger partial charge in [-0.1, -0.05) is 50.2 Å². The van der Waals surface area contributed by atoms with Crippen LogP contribution in [0.3, 0.4) is 0 Å². The molecule has 0 radical (unpaired) electrons. The van der Waals surface area contributed by atoms with E-state index in [0.29, 0.717) is 55.1 Å². The molecule has 2 aromatic rings. The smallest absolute Gasteiger partial charge is 0.250 e. The van der Waals surface area contributed by atoms with Crippen LogP contribution in [-0.4, -0.2) is 63.8 Å². The molecule has 9 heteroatoms. The Hall–Kier alpha value is -3.56. The van der Waals surface area contributed by atoms with Crippen molar-refractivity contribution in [2.75, 3.05) is 26.2 Å². The highest BCUT2D eigenvalue weighted by molar-refractivity contribution is 6.05. The SMILES string of the molecule is CCCN(CCC)C(=O)C1=Cc2ccc(-c3ccc(C(O)N4CC[C@@H]([N+](=O)[O-])C4)cc3)cc2N=C(N)C1. The molecule has 196 valence electrons. The van der Waals surface area contributed by atoms with E-state index in [2.05, 4.69) is 18.8 Å². The first-order valence-corrected chi connectivity index (χ1v) is 12.9. The van der Waals surface area contributed by atoms with Gasteiger partial charge in [-0.3, -0.25) is 19.8 Å². The zero-order valence-electron chi connectivity index (χ0n) is 21.5. The predicted octanol–water partition coefficient (Wildman–Crippen LogP) is 4.12. The fraction of sp³-hybridized carbons (Fsp3) is 0.429. The summed E-state index contributed by atoms with van der Waals surface area (Å²) in [6.45, 7) is 6.29. The lowest BCUT2D eigenvalue weighted by atomic mass is 9.99. The molecule has 0 aromatic heterocycles. The zero-order chi connectivity index (χ0) is 26.5. The number of carbonyl (C=O) groups excluding carboxylic acids is 1. The number of hydrogen-bond donors (Lipinski definition) is 2. The van der Waals surface area contributed by atoms with Crippen molar-refractivity contribution >= 4 is 23.5 Å². The number of aliphatic imine (C=N–C) groups is 1. The summed E-state index contributed by atoms with van der Waals surface area (Å²) in [4.78, 5) is 32.2. The highest BCUT2D eigenvalue weighted by atomic mass is 16.6. The second-order valence-electron chi connectivity index (χ2n) is 9.73. The van der Waals surface area contributed by atoms with Crippen LogP contribution in [0, 0.1) is 10.1 Å². The Balaban J connectivity index is 1.54. The number of fused-ring (bicyclic) bond motifs is 1. The zero-order valence-corrected chi connectivity index (χ0v) is 21.5. The van der Waals surface area contributed by atoms with E-state index in [1.54, 1.807) is 4.90 Å². The van der Waals surface area contributed by atoms with Crippen LogP contribution >= 0.6 is 0 Å². The Morgan fingerprint density at radius 3 is 2.49 bits per heavy atom. The molecule has 37 heavy (non-hydrogen) atoms. The number of hydrogen-bond acceptors (Lipinski definition) is 7. The van der Waals surface area contributed by atoms with E-state index in [4.69, 9.17) is 5.73 Å². The number of nitro groups is 1. The third-order valence-electron chi connectivity index (χ3n) is 6.93. The second kappa shape index (κ2) is 11.7. The summed E-state index contributed by atoms with van der Waals surface area (Å²) < 4.78 is 0. The summed E-state index contributed by atoms with van der Waals surface area (Å²) >= 11 is 0. The maximum absolute atomic E-state index is 13.2. The quantitative estimate of drug-likeness (QED) is 0.390. The summed E-state index contributed by atoms with van der Waals surface area (Å²) in [5, 5.41) is 21.8. The number of nitrogens with zero attached hydrogens (tertiary/aromatic N) is 4. The van der Waals surface area contributed by atoms with Gasteiger partial charge in [0, 0.05) is 48.5 Å². The van der Waals surface area contributed by atoms with Gasteiger partial charge in [0.2, 0.25) is 11.9 Å². The molecule has 2 aliphatic rings. The number of aliphatic hydroxyl groups excluding tert-OH is 1. The van der Waals surface area contributed by atoms with Crippen molar-refractivity contribution in [2.45, 2.75) is 51.8 Å². The monoisotopic (exact) mass is 505 g/mol. The molecular formula is C28H35N5O4. The standard InChI is InChI=1S/C28H35N5O4/c1-3-12-31(13-4-2)28(35)23-15-22-10-9-21(16-25(22)30-26(29)17-23)19-5-7-20(8-6-19)27(34)32-14-11-24(18-32)33(36)37/h5-10,15-16,24,27,34H,3-4,11-14,17-18H2,1-2H3,(H2,29,30)/t24-,27?/m1/s1. The number of benzene rings is 2. The topological polar surface area (TPSA) is 125 Å². The lowest BCUT2D eigenvalue weighted by Gasteiger charge is -2.22. The lowest BCUT2D eigenvalue weighted by Crippen LogP contribution is -2.34. The molecule has 1 fully saturated rings. The van der Waals surface area contributed by atoms with E-state index in [1.165, 1.54) is 0 Å². The molecule has 0 spiro atoms. The second-order valence-corrected chi connectivity index (χ2v) is 9.73. The van der Waals surface area contributed by atoms with Crippen molar-refractivity contribution < 1.29 is 14.8 Å². The molecule has 0 bridgehead atoms. The van der Waals surface area contributed by atoms with Gasteiger partial charge in [-0.15, -0.1) is 0 Å². The Morgan fingerprint density at radius 1 is 1.19 bits per heavy atom. The van der Waals surface area contributed by atoms with E-state index >= 15 is 0 Å². The van der Waals surface area contributed by atoms with Crippen LogP contribution in [0.4, 0.5) is 5.69 Å². The highest BCUT2D eigenvalue weighted by Crippen LogP contribution is 2.33. The van der Waals surface area contributed by atoms with Gasteiger partial charge in [0.1, 0.15) is 12.1 Å². The van der Waals surface area contributed by atoms with Crippen LogP contribution in [-0.2, 0) is 4.79 Å². The minimum absolute atomic E-state index is 0.00968.